The summed E-state index contributed by atoms with van der Waals surface area (Å²) in [5.41, 5.74) is 1.57. The van der Waals surface area contributed by atoms with E-state index >= 15 is 0 Å². The molecule has 5 rings (SSSR count). The predicted octanol–water partition coefficient (Wildman–Crippen LogP) is 4.20. The van der Waals surface area contributed by atoms with E-state index in [1.54, 1.807) is 0 Å². The fraction of sp³-hybridized carbons (Fsp3) is 0.619. The van der Waals surface area contributed by atoms with Gasteiger partial charge in [-0.3, -0.25) is 4.79 Å². The van der Waals surface area contributed by atoms with Crippen LogP contribution < -0.4 is 5.32 Å². The number of carbonyl (C=O) groups excluding carboxylic acids is 1. The molecule has 6 nitrogen and oxygen atoms in total. The molecule has 1 atom stereocenters. The zero-order chi connectivity index (χ0) is 19.1. The normalized spacial score (nSPS) is 23.9. The number of hydrogen-bond acceptors (Lipinski definition) is 4. The van der Waals surface area contributed by atoms with E-state index in [9.17, 15) is 4.79 Å². The number of piperidine rings is 1. The molecule has 3 heterocycles. The maximum Gasteiger partial charge on any atom is 0.241 e. The van der Waals surface area contributed by atoms with Crippen molar-refractivity contribution in [3.63, 3.8) is 0 Å². The van der Waals surface area contributed by atoms with E-state index in [4.69, 9.17) is 21.4 Å². The predicted molar refractivity (Wildman–Crippen MR) is 110 cm³/mol. The zero-order valence-electron chi connectivity index (χ0n) is 16.1. The van der Waals surface area contributed by atoms with Crippen molar-refractivity contribution >= 4 is 34.2 Å². The van der Waals surface area contributed by atoms with Crippen molar-refractivity contribution in [3.8, 4) is 0 Å². The molecule has 0 bridgehead atoms. The van der Waals surface area contributed by atoms with Gasteiger partial charge in [-0.1, -0.05) is 11.6 Å². The van der Waals surface area contributed by atoms with Gasteiger partial charge in [0.05, 0.1) is 12.1 Å². The van der Waals surface area contributed by atoms with Crippen molar-refractivity contribution in [3.05, 3.63) is 23.2 Å². The molecule has 1 unspecified atom stereocenters. The fourth-order valence-corrected chi connectivity index (χ4v) is 4.73. The molecule has 1 aromatic heterocycles. The Morgan fingerprint density at radius 1 is 1.25 bits per heavy atom. The molecule has 3 aliphatic rings. The highest BCUT2D eigenvalue weighted by Crippen LogP contribution is 2.53. The highest BCUT2D eigenvalue weighted by molar-refractivity contribution is 6.31. The van der Waals surface area contributed by atoms with Crippen molar-refractivity contribution in [2.75, 3.05) is 31.6 Å². The van der Waals surface area contributed by atoms with Gasteiger partial charge in [0.15, 0.2) is 12.0 Å². The Kier molecular flexibility index (Phi) is 4.71. The van der Waals surface area contributed by atoms with E-state index in [-0.39, 0.29) is 18.7 Å². The average Bonchev–Trinajstić information content (AvgIpc) is 3.38. The largest absolute Gasteiger partial charge is 0.359 e. The Bertz CT molecular complexity index is 876. The van der Waals surface area contributed by atoms with E-state index in [2.05, 4.69) is 5.32 Å². The number of anilines is 1. The quantitative estimate of drug-likeness (QED) is 0.832. The number of fused-ring (bicyclic) bond motifs is 1. The number of hydrogen-bond donors (Lipinski definition) is 1. The molecule has 3 fully saturated rings. The molecule has 1 saturated carbocycles. The molecule has 1 N–H and O–H groups in total. The van der Waals surface area contributed by atoms with Crippen molar-refractivity contribution in [1.29, 1.82) is 0 Å². The first-order valence-electron chi connectivity index (χ1n) is 10.4. The Morgan fingerprint density at radius 3 is 2.79 bits per heavy atom. The lowest BCUT2D eigenvalue weighted by molar-refractivity contribution is -0.130. The summed E-state index contributed by atoms with van der Waals surface area (Å²) in [6.07, 6.45) is 8.14. The van der Waals surface area contributed by atoms with Gasteiger partial charge in [0.2, 0.25) is 5.91 Å². The molecule has 1 aromatic carbocycles. The van der Waals surface area contributed by atoms with Crippen molar-refractivity contribution in [1.82, 2.24) is 14.7 Å². The minimum absolute atomic E-state index is 0.0551. The summed E-state index contributed by atoms with van der Waals surface area (Å²) in [6, 6.07) is 5.77. The van der Waals surface area contributed by atoms with Crippen molar-refractivity contribution in [2.24, 2.45) is 5.41 Å². The number of rotatable bonds is 4. The van der Waals surface area contributed by atoms with Crippen LogP contribution in [0.2, 0.25) is 5.02 Å². The molecule has 150 valence electrons. The number of aromatic nitrogens is 2. The first-order chi connectivity index (χ1) is 13.6. The molecular formula is C21H27ClN4O2. The molecule has 2 aliphatic heterocycles. The van der Waals surface area contributed by atoms with Crippen LogP contribution in [0.25, 0.3) is 10.9 Å². The number of nitrogens with zero attached hydrogens (tertiary/aromatic N) is 3. The van der Waals surface area contributed by atoms with E-state index in [1.807, 2.05) is 27.8 Å². The molecule has 1 amide bonds. The van der Waals surface area contributed by atoms with E-state index in [0.717, 1.165) is 62.7 Å². The summed E-state index contributed by atoms with van der Waals surface area (Å²) in [4.78, 5) is 14.7. The monoisotopic (exact) mass is 402 g/mol. The van der Waals surface area contributed by atoms with Crippen LogP contribution in [0, 0.1) is 5.41 Å². The van der Waals surface area contributed by atoms with Crippen LogP contribution in [-0.4, -0.2) is 46.8 Å². The molecular weight excluding hydrogens is 376 g/mol. The summed E-state index contributed by atoms with van der Waals surface area (Å²) in [6.45, 7) is 2.79. The number of ether oxygens (including phenoxy) is 1. The topological polar surface area (TPSA) is 59.4 Å². The smallest absolute Gasteiger partial charge is 0.241 e. The maximum absolute atomic E-state index is 12.7. The van der Waals surface area contributed by atoms with Crippen LogP contribution in [0.15, 0.2) is 18.2 Å². The summed E-state index contributed by atoms with van der Waals surface area (Å²) in [5.74, 6) is 0.852. The van der Waals surface area contributed by atoms with Gasteiger partial charge in [0.25, 0.3) is 0 Å². The first-order valence-corrected chi connectivity index (χ1v) is 10.8. The zero-order valence-corrected chi connectivity index (χ0v) is 16.9. The van der Waals surface area contributed by atoms with Gasteiger partial charge in [0.1, 0.15) is 0 Å². The van der Waals surface area contributed by atoms with E-state index < -0.39 is 0 Å². The van der Waals surface area contributed by atoms with Crippen LogP contribution >= 0.6 is 11.6 Å². The van der Waals surface area contributed by atoms with Gasteiger partial charge in [-0.15, -0.1) is 0 Å². The van der Waals surface area contributed by atoms with Crippen molar-refractivity contribution in [2.45, 2.75) is 51.2 Å². The second-order valence-corrected chi connectivity index (χ2v) is 8.95. The van der Waals surface area contributed by atoms with Gasteiger partial charge in [-0.2, -0.15) is 5.10 Å². The first kappa shape index (κ1) is 18.3. The molecule has 1 aliphatic carbocycles. The Hall–Kier alpha value is -1.79. The lowest BCUT2D eigenvalue weighted by Gasteiger charge is -2.32. The standard InChI is InChI=1S/C21H27ClN4O2/c22-15-4-5-17-16(13-15)20(24-26(17)19-3-1-2-12-28-19)23-14-18(27)25-10-8-21(6-7-21)9-11-25/h4-5,13,19H,1-3,6-12,14H2,(H,23,24). The van der Waals surface area contributed by atoms with Crippen molar-refractivity contribution < 1.29 is 9.53 Å². The maximum atomic E-state index is 12.7. The number of benzene rings is 1. The second-order valence-electron chi connectivity index (χ2n) is 8.51. The SMILES string of the molecule is O=C(CNc1nn(C2CCCCO2)c2ccc(Cl)cc12)N1CCC2(CC1)CC2. The minimum Gasteiger partial charge on any atom is -0.359 e. The molecule has 28 heavy (non-hydrogen) atoms. The minimum atomic E-state index is -0.0551. The number of carbonyl (C=O) groups is 1. The molecule has 1 spiro atoms. The lowest BCUT2D eigenvalue weighted by atomic mass is 9.94. The number of likely N-dealkylation sites (tertiary alicyclic amines) is 1. The van der Waals surface area contributed by atoms with Gasteiger partial charge in [0, 0.05) is 30.1 Å². The fourth-order valence-electron chi connectivity index (χ4n) is 4.56. The number of amides is 1. The number of nitrogens with one attached hydrogen (secondary N) is 1. The van der Waals surface area contributed by atoms with Crippen LogP contribution in [0.4, 0.5) is 5.82 Å². The summed E-state index contributed by atoms with van der Waals surface area (Å²) in [5, 5.41) is 9.62. The lowest BCUT2D eigenvalue weighted by Crippen LogP contribution is -2.41. The number of halogens is 1. The third-order valence-electron chi connectivity index (χ3n) is 6.64. The van der Waals surface area contributed by atoms with Gasteiger partial charge in [-0.05, 0) is 68.6 Å². The highest BCUT2D eigenvalue weighted by Gasteiger charge is 2.45. The van der Waals surface area contributed by atoms with Gasteiger partial charge < -0.3 is 15.0 Å². The highest BCUT2D eigenvalue weighted by atomic mass is 35.5. The summed E-state index contributed by atoms with van der Waals surface area (Å²) in [7, 11) is 0. The Labute approximate surface area is 170 Å². The third kappa shape index (κ3) is 3.48. The molecule has 2 saturated heterocycles. The Morgan fingerprint density at radius 2 is 2.07 bits per heavy atom. The van der Waals surface area contributed by atoms with Crippen LogP contribution in [-0.2, 0) is 9.53 Å². The van der Waals surface area contributed by atoms with Crippen LogP contribution in [0.5, 0.6) is 0 Å². The average molecular weight is 403 g/mol. The van der Waals surface area contributed by atoms with Gasteiger partial charge in [-0.25, -0.2) is 4.68 Å². The van der Waals surface area contributed by atoms with Crippen LogP contribution in [0.1, 0.15) is 51.2 Å². The van der Waals surface area contributed by atoms with Gasteiger partial charge >= 0.3 is 0 Å². The van der Waals surface area contributed by atoms with E-state index in [1.165, 1.54) is 12.8 Å². The Balaban J connectivity index is 1.32. The summed E-state index contributed by atoms with van der Waals surface area (Å²) < 4.78 is 7.87. The third-order valence-corrected chi connectivity index (χ3v) is 6.87. The van der Waals surface area contributed by atoms with Crippen LogP contribution in [0.3, 0.4) is 0 Å². The van der Waals surface area contributed by atoms with E-state index in [0.29, 0.717) is 16.3 Å². The summed E-state index contributed by atoms with van der Waals surface area (Å²) >= 11 is 6.23. The second kappa shape index (κ2) is 7.23. The molecule has 7 heteroatoms. The molecule has 0 radical (unpaired) electrons. The molecule has 2 aromatic rings.